The molecule has 6 heterocycles. The van der Waals surface area contributed by atoms with E-state index in [4.69, 9.17) is 29.9 Å². The number of hydrogen-bond donors (Lipinski definition) is 0. The third kappa shape index (κ3) is 17.8. The van der Waals surface area contributed by atoms with Gasteiger partial charge in [-0.05, 0) is 272 Å². The van der Waals surface area contributed by atoms with E-state index >= 15 is 0 Å². The number of benzene rings is 18. The fourth-order valence-electron chi connectivity index (χ4n) is 20.0. The lowest BCUT2D eigenvalue weighted by Gasteiger charge is -2.12. The monoisotopic (exact) mass is 1790 g/mol. The van der Waals surface area contributed by atoms with Crippen LogP contribution in [-0.2, 0) is 0 Å². The van der Waals surface area contributed by atoms with Crippen LogP contribution in [0.3, 0.4) is 0 Å². The molecule has 0 spiro atoms. The van der Waals surface area contributed by atoms with Crippen LogP contribution in [0.25, 0.3) is 218 Å². The second-order valence-corrected chi connectivity index (χ2v) is 37.1. The van der Waals surface area contributed by atoms with Crippen molar-refractivity contribution in [1.82, 2.24) is 43.6 Å². The Morgan fingerprint density at radius 3 is 0.698 bits per heavy atom. The van der Waals surface area contributed by atoms with Gasteiger partial charge in [-0.25, -0.2) is 29.9 Å². The van der Waals surface area contributed by atoms with Crippen molar-refractivity contribution in [3.05, 3.63) is 486 Å². The highest BCUT2D eigenvalue weighted by molar-refractivity contribution is 6.14. The fourth-order valence-corrected chi connectivity index (χ4v) is 20.0. The molecule has 0 saturated carbocycles. The van der Waals surface area contributed by atoms with Gasteiger partial charge in [0.25, 0.3) is 0 Å². The predicted octanol–water partition coefficient (Wildman–Crippen LogP) is 33.8. The zero-order valence-electron chi connectivity index (χ0n) is 79.5. The van der Waals surface area contributed by atoms with E-state index in [0.29, 0.717) is 0 Å². The summed E-state index contributed by atoms with van der Waals surface area (Å²) in [7, 11) is 0. The lowest BCUT2D eigenvalue weighted by molar-refractivity contribution is 1.17. The Morgan fingerprint density at radius 2 is 0.353 bits per heavy atom. The van der Waals surface area contributed by atoms with E-state index in [0.717, 1.165) is 124 Å². The number of aromatic nitrogens is 9. The normalized spacial score (nSPS) is 11.4. The molecule has 0 radical (unpaired) electrons. The quantitative estimate of drug-likeness (QED) is 0.102. The molecule has 666 valence electrons. The SMILES string of the molecule is Cc1cc(C)cc(-c2cc(-c3ccc4c(c3)c3cc(-c5ccccc5)ccc3n4-c3ccccc3)nc(-c3cc(C)cc(C)c3)n2)c1.Cc1cc(C)cc(-c2cc(-c3ccc4c(c3)c3ccccc3n4-c3ccc(-c4ccccc4)cc3)nc(-c3cc(C)cc(C)c3)n2)c1.Cc1ccc(-c2cc(-c3ccc4c(c3)c3cc(-c5ccccc5)ccc3n4-c3ccccc3)nc(-c3ccc(C)cc3)n2)cc1. The van der Waals surface area contributed by atoms with Gasteiger partial charge in [0.05, 0.1) is 67.3 Å². The summed E-state index contributed by atoms with van der Waals surface area (Å²) in [6.45, 7) is 21.3. The summed E-state index contributed by atoms with van der Waals surface area (Å²) in [6.07, 6.45) is 0. The molecule has 24 aromatic rings. The highest BCUT2D eigenvalue weighted by Crippen LogP contribution is 2.44. The average Bonchev–Trinajstić information content (AvgIpc) is 1.59. The first-order valence-corrected chi connectivity index (χ1v) is 47.6. The topological polar surface area (TPSA) is 92.1 Å². The number of fused-ring (bicyclic) bond motifs is 9. The summed E-state index contributed by atoms with van der Waals surface area (Å²) in [5, 5.41) is 7.23. The summed E-state index contributed by atoms with van der Waals surface area (Å²) in [4.78, 5) is 30.9. The summed E-state index contributed by atoms with van der Waals surface area (Å²) in [5.74, 6) is 2.20. The van der Waals surface area contributed by atoms with Crippen molar-refractivity contribution in [2.45, 2.75) is 69.2 Å². The first kappa shape index (κ1) is 87.0. The standard InChI is InChI=1S/2C44H35N3.C42H31N3/c1-28-19-29(2)22-35(21-28)41-27-40(45-44(46-41)36-23-30(3)20-31(4)24-36)34-16-18-43-39(26-34)38-25-33(32-11-7-5-8-12-32)15-17-42(38)47(43)37-13-9-6-10-14-37;1-28-20-29(2)23-35(22-28)41-27-40(45-44(46-41)36-24-30(3)21-31(4)25-36)34-16-19-43-39(26-34)38-12-8-9-13-42(38)47(43)37-17-14-33(15-18-37)32-10-6-5-7-11-32;1-28-13-17-31(18-14-28)38-27-39(44-42(43-38)32-19-15-29(2)16-20-32)34-22-24-41-37(26-34)36-25-33(30-9-5-3-6-10-30)21-23-40(36)45(41)35-11-7-4-8-12-35/h2*5-27H,1-4H3;3-27H,1-2H3. The molecule has 0 aliphatic heterocycles. The summed E-state index contributed by atoms with van der Waals surface area (Å²) in [6, 6.07) is 154. The zero-order chi connectivity index (χ0) is 94.5. The summed E-state index contributed by atoms with van der Waals surface area (Å²) >= 11 is 0. The van der Waals surface area contributed by atoms with E-state index in [9.17, 15) is 0 Å². The van der Waals surface area contributed by atoms with Crippen LogP contribution >= 0.6 is 0 Å². The van der Waals surface area contributed by atoms with Gasteiger partial charge in [0.15, 0.2) is 17.5 Å². The molecule has 6 aromatic heterocycles. The van der Waals surface area contributed by atoms with E-state index < -0.39 is 0 Å². The molecule has 0 unspecified atom stereocenters. The van der Waals surface area contributed by atoms with E-state index in [2.05, 4.69) is 514 Å². The van der Waals surface area contributed by atoms with E-state index in [1.54, 1.807) is 0 Å². The zero-order valence-corrected chi connectivity index (χ0v) is 79.5. The maximum Gasteiger partial charge on any atom is 0.160 e. The average molecular weight is 1790 g/mol. The molecular weight excluding hydrogens is 1690 g/mol. The molecule has 0 N–H and O–H groups in total. The van der Waals surface area contributed by atoms with E-state index in [1.165, 1.54) is 149 Å². The van der Waals surface area contributed by atoms with Gasteiger partial charge in [-0.1, -0.05) is 316 Å². The van der Waals surface area contributed by atoms with Crippen LogP contribution in [0.2, 0.25) is 0 Å². The molecule has 0 bridgehead atoms. The Hall–Kier alpha value is -17.4. The maximum atomic E-state index is 5.23. The summed E-state index contributed by atoms with van der Waals surface area (Å²) in [5.41, 5.74) is 44.8. The fraction of sp³-hybridized carbons (Fsp3) is 0.0769. The molecule has 139 heavy (non-hydrogen) atoms. The van der Waals surface area contributed by atoms with E-state index in [1.807, 2.05) is 0 Å². The first-order valence-electron chi connectivity index (χ1n) is 47.6. The van der Waals surface area contributed by atoms with Crippen LogP contribution in [0, 0.1) is 69.2 Å². The third-order valence-corrected chi connectivity index (χ3v) is 26.4. The maximum absolute atomic E-state index is 5.23. The molecule has 0 atom stereocenters. The van der Waals surface area contributed by atoms with Crippen molar-refractivity contribution in [3.8, 4) is 152 Å². The van der Waals surface area contributed by atoms with Crippen molar-refractivity contribution in [2.75, 3.05) is 0 Å². The minimum absolute atomic E-state index is 0.723. The van der Waals surface area contributed by atoms with Gasteiger partial charge in [0.2, 0.25) is 0 Å². The van der Waals surface area contributed by atoms with Crippen molar-refractivity contribution in [3.63, 3.8) is 0 Å². The van der Waals surface area contributed by atoms with Crippen molar-refractivity contribution in [2.24, 2.45) is 0 Å². The third-order valence-electron chi connectivity index (χ3n) is 26.4. The molecule has 0 aliphatic rings. The molecule has 9 nitrogen and oxygen atoms in total. The molecule has 24 rings (SSSR count). The largest absolute Gasteiger partial charge is 0.309 e. The lowest BCUT2D eigenvalue weighted by atomic mass is 10.00. The van der Waals surface area contributed by atoms with Gasteiger partial charge < -0.3 is 13.7 Å². The highest BCUT2D eigenvalue weighted by Gasteiger charge is 2.23. The molecule has 0 aliphatic carbocycles. The van der Waals surface area contributed by atoms with Crippen LogP contribution in [0.5, 0.6) is 0 Å². The number of rotatable bonds is 15. The molecule has 9 heteroatoms. The van der Waals surface area contributed by atoms with Crippen LogP contribution in [0.15, 0.2) is 431 Å². The number of para-hydroxylation sites is 3. The minimum atomic E-state index is 0.723. The van der Waals surface area contributed by atoms with Crippen LogP contribution in [0.4, 0.5) is 0 Å². The van der Waals surface area contributed by atoms with Crippen LogP contribution in [-0.4, -0.2) is 43.6 Å². The van der Waals surface area contributed by atoms with Gasteiger partial charge in [-0.15, -0.1) is 0 Å². The van der Waals surface area contributed by atoms with Gasteiger partial charge in [0.1, 0.15) is 0 Å². The first-order chi connectivity index (χ1) is 67.9. The second-order valence-electron chi connectivity index (χ2n) is 37.1. The Bertz CT molecular complexity index is 8520. The van der Waals surface area contributed by atoms with Crippen molar-refractivity contribution < 1.29 is 0 Å². The van der Waals surface area contributed by atoms with Crippen LogP contribution in [0.1, 0.15) is 55.6 Å². The minimum Gasteiger partial charge on any atom is -0.309 e. The Balaban J connectivity index is 0.000000120. The second kappa shape index (κ2) is 37.1. The lowest BCUT2D eigenvalue weighted by Crippen LogP contribution is -1.97. The van der Waals surface area contributed by atoms with Crippen molar-refractivity contribution in [1.29, 1.82) is 0 Å². The van der Waals surface area contributed by atoms with Gasteiger partial charge in [0, 0.05) is 99.5 Å². The van der Waals surface area contributed by atoms with Gasteiger partial charge in [-0.2, -0.15) is 0 Å². The molecule has 0 saturated heterocycles. The van der Waals surface area contributed by atoms with Crippen LogP contribution < -0.4 is 0 Å². The molecular formula is C130H101N9. The molecule has 18 aromatic carbocycles. The summed E-state index contributed by atoms with van der Waals surface area (Å²) < 4.78 is 7.09. The molecule has 0 amide bonds. The number of hydrogen-bond acceptors (Lipinski definition) is 6. The highest BCUT2D eigenvalue weighted by atomic mass is 15.0. The van der Waals surface area contributed by atoms with Gasteiger partial charge >= 0.3 is 0 Å². The number of aryl methyl sites for hydroxylation is 10. The van der Waals surface area contributed by atoms with Gasteiger partial charge in [-0.3, -0.25) is 0 Å². The van der Waals surface area contributed by atoms with Crippen molar-refractivity contribution >= 4 is 65.4 Å². The Kier molecular flexibility index (Phi) is 23.2. The Morgan fingerprint density at radius 1 is 0.129 bits per heavy atom. The predicted molar refractivity (Wildman–Crippen MR) is 582 cm³/mol. The molecule has 0 fully saturated rings. The number of nitrogens with zero attached hydrogens (tertiary/aromatic N) is 9. The van der Waals surface area contributed by atoms with E-state index in [-0.39, 0.29) is 0 Å². The smallest absolute Gasteiger partial charge is 0.160 e. The Labute approximate surface area is 811 Å².